The van der Waals surface area contributed by atoms with Gasteiger partial charge < -0.3 is 9.64 Å². The fourth-order valence-electron chi connectivity index (χ4n) is 2.35. The third-order valence-electron chi connectivity index (χ3n) is 3.35. The van der Waals surface area contributed by atoms with Crippen LogP contribution < -0.4 is 4.90 Å². The Labute approximate surface area is 102 Å². The van der Waals surface area contributed by atoms with Crippen LogP contribution in [0.1, 0.15) is 23.2 Å². The van der Waals surface area contributed by atoms with Gasteiger partial charge >= 0.3 is 0 Å². The molecular weight excluding hydrogens is 214 g/mol. The van der Waals surface area contributed by atoms with Crippen LogP contribution in [0.15, 0.2) is 24.3 Å². The second-order valence-electron chi connectivity index (χ2n) is 4.61. The number of hydrogen-bond donors (Lipinski definition) is 0. The van der Waals surface area contributed by atoms with Gasteiger partial charge in [0, 0.05) is 38.1 Å². The molecule has 1 fully saturated rings. The van der Waals surface area contributed by atoms with E-state index in [1.807, 2.05) is 24.3 Å². The molecule has 1 heterocycles. The molecule has 0 saturated carbocycles. The molecule has 3 nitrogen and oxygen atoms in total. The summed E-state index contributed by atoms with van der Waals surface area (Å²) in [6.45, 7) is 2.73. The molecule has 2 rings (SSSR count). The van der Waals surface area contributed by atoms with E-state index in [1.54, 1.807) is 0 Å². The number of benzene rings is 1. The Bertz CT molecular complexity index is 372. The van der Waals surface area contributed by atoms with Gasteiger partial charge in [-0.25, -0.2) is 0 Å². The van der Waals surface area contributed by atoms with Crippen molar-refractivity contribution in [2.75, 3.05) is 31.7 Å². The monoisotopic (exact) mass is 233 g/mol. The molecule has 0 spiro atoms. The number of aldehydes is 1. The van der Waals surface area contributed by atoms with Gasteiger partial charge in [-0.3, -0.25) is 4.79 Å². The van der Waals surface area contributed by atoms with Gasteiger partial charge in [-0.2, -0.15) is 0 Å². The minimum Gasteiger partial charge on any atom is -0.381 e. The topological polar surface area (TPSA) is 29.5 Å². The van der Waals surface area contributed by atoms with E-state index >= 15 is 0 Å². The van der Waals surface area contributed by atoms with Crippen molar-refractivity contribution in [3.63, 3.8) is 0 Å². The maximum Gasteiger partial charge on any atom is 0.152 e. The van der Waals surface area contributed by atoms with Crippen molar-refractivity contribution < 1.29 is 9.53 Å². The number of para-hydroxylation sites is 1. The summed E-state index contributed by atoms with van der Waals surface area (Å²) in [6.07, 6.45) is 3.16. The van der Waals surface area contributed by atoms with Gasteiger partial charge in [0.05, 0.1) is 0 Å². The molecule has 0 amide bonds. The van der Waals surface area contributed by atoms with Crippen LogP contribution in [0, 0.1) is 5.92 Å². The minimum atomic E-state index is 0.674. The smallest absolute Gasteiger partial charge is 0.152 e. The molecular formula is C14H19NO2. The van der Waals surface area contributed by atoms with Crippen LogP contribution in [-0.4, -0.2) is 33.1 Å². The SMILES string of the molecule is CN(CC1CCOCC1)c1ccccc1C=O. The van der Waals surface area contributed by atoms with Gasteiger partial charge in [0.25, 0.3) is 0 Å². The van der Waals surface area contributed by atoms with E-state index in [1.165, 1.54) is 0 Å². The summed E-state index contributed by atoms with van der Waals surface area (Å²) >= 11 is 0. The molecule has 17 heavy (non-hydrogen) atoms. The summed E-state index contributed by atoms with van der Waals surface area (Å²) in [5.41, 5.74) is 1.79. The van der Waals surface area contributed by atoms with Crippen molar-refractivity contribution >= 4 is 12.0 Å². The first-order valence-corrected chi connectivity index (χ1v) is 6.14. The maximum absolute atomic E-state index is 11.0. The Morgan fingerprint density at radius 3 is 2.76 bits per heavy atom. The van der Waals surface area contributed by atoms with Crippen LogP contribution in [0.3, 0.4) is 0 Å². The number of carbonyl (C=O) groups is 1. The predicted molar refractivity (Wildman–Crippen MR) is 68.6 cm³/mol. The number of nitrogens with zero attached hydrogens (tertiary/aromatic N) is 1. The molecule has 1 aliphatic heterocycles. The van der Waals surface area contributed by atoms with E-state index in [9.17, 15) is 4.79 Å². The molecule has 1 saturated heterocycles. The van der Waals surface area contributed by atoms with Gasteiger partial charge in [-0.1, -0.05) is 12.1 Å². The predicted octanol–water partition coefficient (Wildman–Crippen LogP) is 2.36. The standard InChI is InChI=1S/C14H19NO2/c1-15(10-12-6-8-17-9-7-12)14-5-3-2-4-13(14)11-16/h2-5,11-12H,6-10H2,1H3. The van der Waals surface area contributed by atoms with Crippen molar-refractivity contribution in [2.45, 2.75) is 12.8 Å². The van der Waals surface area contributed by atoms with Crippen molar-refractivity contribution in [3.05, 3.63) is 29.8 Å². The van der Waals surface area contributed by atoms with E-state index < -0.39 is 0 Å². The molecule has 0 atom stereocenters. The number of ether oxygens (including phenoxy) is 1. The van der Waals surface area contributed by atoms with E-state index in [-0.39, 0.29) is 0 Å². The summed E-state index contributed by atoms with van der Waals surface area (Å²) in [7, 11) is 2.05. The zero-order valence-electron chi connectivity index (χ0n) is 10.3. The van der Waals surface area contributed by atoms with Crippen molar-refractivity contribution in [1.29, 1.82) is 0 Å². The minimum absolute atomic E-state index is 0.674. The number of hydrogen-bond acceptors (Lipinski definition) is 3. The van der Waals surface area contributed by atoms with Crippen LogP contribution in [0.5, 0.6) is 0 Å². The van der Waals surface area contributed by atoms with Gasteiger partial charge in [0.2, 0.25) is 0 Å². The lowest BCUT2D eigenvalue weighted by Crippen LogP contribution is -2.30. The quantitative estimate of drug-likeness (QED) is 0.748. The Morgan fingerprint density at radius 2 is 2.06 bits per heavy atom. The second-order valence-corrected chi connectivity index (χ2v) is 4.61. The summed E-state index contributed by atoms with van der Waals surface area (Å²) in [5, 5.41) is 0. The van der Waals surface area contributed by atoms with E-state index in [4.69, 9.17) is 4.74 Å². The third-order valence-corrected chi connectivity index (χ3v) is 3.35. The Morgan fingerprint density at radius 1 is 1.35 bits per heavy atom. The first-order chi connectivity index (χ1) is 8.31. The largest absolute Gasteiger partial charge is 0.381 e. The van der Waals surface area contributed by atoms with Crippen molar-refractivity contribution in [2.24, 2.45) is 5.92 Å². The first kappa shape index (κ1) is 12.1. The average molecular weight is 233 g/mol. The molecule has 1 aromatic rings. The molecule has 1 aromatic carbocycles. The number of anilines is 1. The fraction of sp³-hybridized carbons (Fsp3) is 0.500. The lowest BCUT2D eigenvalue weighted by molar-refractivity contribution is 0.0685. The lowest BCUT2D eigenvalue weighted by atomic mass is 9.99. The van der Waals surface area contributed by atoms with Gasteiger partial charge in [0.1, 0.15) is 0 Å². The Balaban J connectivity index is 2.02. The molecule has 3 heteroatoms. The van der Waals surface area contributed by atoms with E-state index in [2.05, 4.69) is 11.9 Å². The molecule has 92 valence electrons. The van der Waals surface area contributed by atoms with Crippen molar-refractivity contribution in [1.82, 2.24) is 0 Å². The normalized spacial score (nSPS) is 16.8. The molecule has 0 bridgehead atoms. The summed E-state index contributed by atoms with van der Waals surface area (Å²) in [5.74, 6) is 0.674. The lowest BCUT2D eigenvalue weighted by Gasteiger charge is -2.29. The van der Waals surface area contributed by atoms with Gasteiger partial charge in [0.15, 0.2) is 6.29 Å². The van der Waals surface area contributed by atoms with Gasteiger partial charge in [-0.15, -0.1) is 0 Å². The zero-order valence-corrected chi connectivity index (χ0v) is 10.3. The second kappa shape index (κ2) is 5.82. The van der Waals surface area contributed by atoms with Crippen LogP contribution in [-0.2, 0) is 4.74 Å². The van der Waals surface area contributed by atoms with Crippen LogP contribution >= 0.6 is 0 Å². The van der Waals surface area contributed by atoms with Crippen molar-refractivity contribution in [3.8, 4) is 0 Å². The fourth-order valence-corrected chi connectivity index (χ4v) is 2.35. The highest BCUT2D eigenvalue weighted by Crippen LogP contribution is 2.22. The van der Waals surface area contributed by atoms with Crippen LogP contribution in [0.2, 0.25) is 0 Å². The molecule has 0 unspecified atom stereocenters. The highest BCUT2D eigenvalue weighted by Gasteiger charge is 2.16. The maximum atomic E-state index is 11.0. The van der Waals surface area contributed by atoms with Gasteiger partial charge in [-0.05, 0) is 30.9 Å². The Kier molecular flexibility index (Phi) is 4.15. The zero-order chi connectivity index (χ0) is 12.1. The highest BCUT2D eigenvalue weighted by molar-refractivity contribution is 5.84. The summed E-state index contributed by atoms with van der Waals surface area (Å²) in [6, 6.07) is 7.74. The third kappa shape index (κ3) is 3.07. The molecule has 1 aliphatic rings. The Hall–Kier alpha value is -1.35. The molecule has 0 aliphatic carbocycles. The number of carbonyl (C=O) groups excluding carboxylic acids is 1. The summed E-state index contributed by atoms with van der Waals surface area (Å²) < 4.78 is 5.36. The molecule has 0 aromatic heterocycles. The average Bonchev–Trinajstić information content (AvgIpc) is 2.40. The molecule has 0 radical (unpaired) electrons. The van der Waals surface area contributed by atoms with E-state index in [0.29, 0.717) is 5.92 Å². The molecule has 0 N–H and O–H groups in total. The van der Waals surface area contributed by atoms with E-state index in [0.717, 1.165) is 50.1 Å². The number of rotatable bonds is 4. The summed E-state index contributed by atoms with van der Waals surface area (Å²) in [4.78, 5) is 13.2. The first-order valence-electron chi connectivity index (χ1n) is 6.14. The highest BCUT2D eigenvalue weighted by atomic mass is 16.5. The van der Waals surface area contributed by atoms with Crippen LogP contribution in [0.4, 0.5) is 5.69 Å². The van der Waals surface area contributed by atoms with Crippen LogP contribution in [0.25, 0.3) is 0 Å².